The van der Waals surface area contributed by atoms with Crippen LogP contribution in [0.2, 0.25) is 0 Å². The van der Waals surface area contributed by atoms with Crippen LogP contribution in [0.5, 0.6) is 0 Å². The topological polar surface area (TPSA) is 47.0 Å². The van der Waals surface area contributed by atoms with Crippen LogP contribution in [0.4, 0.5) is 0 Å². The van der Waals surface area contributed by atoms with Crippen LogP contribution in [0.15, 0.2) is 29.4 Å². The van der Waals surface area contributed by atoms with E-state index in [1.807, 2.05) is 59.7 Å². The fourth-order valence-corrected chi connectivity index (χ4v) is 3.59. The summed E-state index contributed by atoms with van der Waals surface area (Å²) in [7, 11) is 3.31. The lowest BCUT2D eigenvalue weighted by Gasteiger charge is -2.15. The average molecular weight is 388 g/mol. The number of hydrogen-bond acceptors (Lipinski definition) is 6. The third-order valence-corrected chi connectivity index (χ3v) is 5.57. The minimum absolute atomic E-state index is 0.195. The maximum absolute atomic E-state index is 11.6. The summed E-state index contributed by atoms with van der Waals surface area (Å²) in [6.07, 6.45) is 2.41. The van der Waals surface area contributed by atoms with Gasteiger partial charge in [0.25, 0.3) is 0 Å². The van der Waals surface area contributed by atoms with Crippen molar-refractivity contribution in [1.82, 2.24) is 4.98 Å². The van der Waals surface area contributed by atoms with E-state index in [1.54, 1.807) is 27.8 Å². The molecule has 0 bridgehead atoms. The molecule has 136 valence electrons. The molecule has 0 saturated carbocycles. The van der Waals surface area contributed by atoms with Crippen LogP contribution < -0.4 is 0 Å². The Labute approximate surface area is 160 Å². The zero-order chi connectivity index (χ0) is 18.8. The van der Waals surface area contributed by atoms with Gasteiger partial charge in [-0.25, -0.2) is 4.98 Å². The molecular formula is C18H29NO2S3. The van der Waals surface area contributed by atoms with Crippen molar-refractivity contribution in [2.45, 2.75) is 53.0 Å². The third kappa shape index (κ3) is 11.2. The first-order chi connectivity index (χ1) is 11.0. The van der Waals surface area contributed by atoms with Gasteiger partial charge in [0.05, 0.1) is 0 Å². The van der Waals surface area contributed by atoms with E-state index in [9.17, 15) is 9.59 Å². The maximum atomic E-state index is 11.6. The zero-order valence-electron chi connectivity index (χ0n) is 15.5. The van der Waals surface area contributed by atoms with Gasteiger partial charge in [-0.05, 0) is 22.9 Å². The molecule has 0 fully saturated rings. The van der Waals surface area contributed by atoms with Crippen LogP contribution in [-0.2, 0) is 9.59 Å². The Balaban J connectivity index is 0.000000561. The second kappa shape index (κ2) is 11.2. The predicted octanol–water partition coefficient (Wildman–Crippen LogP) is 5.36. The Kier molecular flexibility index (Phi) is 11.0. The molecule has 0 unspecified atom stereocenters. The first kappa shape index (κ1) is 23.5. The summed E-state index contributed by atoms with van der Waals surface area (Å²) in [6, 6.07) is 5.84. The molecule has 0 radical (unpaired) electrons. The van der Waals surface area contributed by atoms with Gasteiger partial charge in [0, 0.05) is 35.0 Å². The van der Waals surface area contributed by atoms with E-state index >= 15 is 0 Å². The van der Waals surface area contributed by atoms with Crippen molar-refractivity contribution in [3.8, 4) is 0 Å². The summed E-state index contributed by atoms with van der Waals surface area (Å²) in [6.45, 7) is 11.6. The number of thiol groups is 1. The van der Waals surface area contributed by atoms with E-state index in [-0.39, 0.29) is 16.6 Å². The summed E-state index contributed by atoms with van der Waals surface area (Å²) in [5.74, 6) is 1.71. The standard InChI is InChI=1S/C12H17NOS2.C6H12OS/c1-12(2,3)10(14)7-9-15-16-11-6-4-5-8-13-11;1-6(2,3)5(7)4-8/h4-6,8H,7,9H2,1-3H3;8H,4H2,1-3H3. The van der Waals surface area contributed by atoms with E-state index in [4.69, 9.17) is 0 Å². The molecule has 0 saturated heterocycles. The van der Waals surface area contributed by atoms with E-state index < -0.39 is 0 Å². The number of hydrogen-bond donors (Lipinski definition) is 1. The van der Waals surface area contributed by atoms with Gasteiger partial charge in [0.1, 0.15) is 16.6 Å². The molecule has 1 aromatic rings. The Morgan fingerprint density at radius 3 is 2.00 bits per heavy atom. The van der Waals surface area contributed by atoms with Crippen molar-refractivity contribution in [3.05, 3.63) is 24.4 Å². The highest BCUT2D eigenvalue weighted by atomic mass is 33.1. The molecule has 1 rings (SSSR count). The second-order valence-electron chi connectivity index (χ2n) is 7.33. The monoisotopic (exact) mass is 387 g/mol. The molecule has 0 aliphatic carbocycles. The van der Waals surface area contributed by atoms with Crippen molar-refractivity contribution >= 4 is 45.8 Å². The number of pyridine rings is 1. The number of carbonyl (C=O) groups is 2. The highest BCUT2D eigenvalue weighted by Crippen LogP contribution is 2.30. The molecule has 0 N–H and O–H groups in total. The van der Waals surface area contributed by atoms with Gasteiger partial charge in [-0.2, -0.15) is 12.6 Å². The normalized spacial score (nSPS) is 11.5. The lowest BCUT2D eigenvalue weighted by Crippen LogP contribution is -2.20. The average Bonchev–Trinajstić information content (AvgIpc) is 2.50. The van der Waals surface area contributed by atoms with Gasteiger partial charge in [-0.3, -0.25) is 9.59 Å². The Morgan fingerprint density at radius 2 is 1.62 bits per heavy atom. The van der Waals surface area contributed by atoms with Crippen LogP contribution in [0.25, 0.3) is 0 Å². The third-order valence-electron chi connectivity index (χ3n) is 3.01. The number of aromatic nitrogens is 1. The predicted molar refractivity (Wildman–Crippen MR) is 110 cm³/mol. The zero-order valence-corrected chi connectivity index (χ0v) is 18.0. The molecule has 24 heavy (non-hydrogen) atoms. The molecule has 0 spiro atoms. The van der Waals surface area contributed by atoms with Crippen molar-refractivity contribution in [3.63, 3.8) is 0 Å². The molecular weight excluding hydrogens is 358 g/mol. The summed E-state index contributed by atoms with van der Waals surface area (Å²) >= 11 is 3.86. The molecule has 3 nitrogen and oxygen atoms in total. The van der Waals surface area contributed by atoms with Crippen LogP contribution in [0.1, 0.15) is 48.0 Å². The van der Waals surface area contributed by atoms with Gasteiger partial charge in [-0.1, -0.05) is 58.4 Å². The summed E-state index contributed by atoms with van der Waals surface area (Å²) < 4.78 is 0. The first-order valence-corrected chi connectivity index (χ1v) is 10.8. The van der Waals surface area contributed by atoms with E-state index in [0.717, 1.165) is 10.8 Å². The highest BCUT2D eigenvalue weighted by Gasteiger charge is 2.20. The minimum atomic E-state index is -0.212. The largest absolute Gasteiger partial charge is 0.299 e. The molecule has 1 heterocycles. The van der Waals surface area contributed by atoms with Crippen LogP contribution >= 0.6 is 34.2 Å². The Hall–Kier alpha value is -0.460. The van der Waals surface area contributed by atoms with Crippen LogP contribution in [0.3, 0.4) is 0 Å². The van der Waals surface area contributed by atoms with Crippen molar-refractivity contribution in [2.75, 3.05) is 11.5 Å². The smallest absolute Gasteiger partial charge is 0.147 e. The minimum Gasteiger partial charge on any atom is -0.299 e. The summed E-state index contributed by atoms with van der Waals surface area (Å²) in [5, 5.41) is 0.996. The van der Waals surface area contributed by atoms with Crippen LogP contribution in [-0.4, -0.2) is 28.1 Å². The van der Waals surface area contributed by atoms with Crippen LogP contribution in [0, 0.1) is 10.8 Å². The quantitative estimate of drug-likeness (QED) is 0.404. The fraction of sp³-hybridized carbons (Fsp3) is 0.611. The van der Waals surface area contributed by atoms with Crippen molar-refractivity contribution in [1.29, 1.82) is 0 Å². The SMILES string of the molecule is CC(C)(C)C(=O)CCSSc1ccccn1.CC(C)(C)C(=O)CS. The van der Waals surface area contributed by atoms with Gasteiger partial charge in [0.15, 0.2) is 0 Å². The molecule has 0 amide bonds. The lowest BCUT2D eigenvalue weighted by molar-refractivity contribution is -0.126. The molecule has 1 aromatic heterocycles. The molecule has 0 aromatic carbocycles. The van der Waals surface area contributed by atoms with Crippen molar-refractivity contribution in [2.24, 2.45) is 10.8 Å². The molecule has 0 aliphatic heterocycles. The van der Waals surface area contributed by atoms with E-state index in [0.29, 0.717) is 18.0 Å². The number of Topliss-reactive ketones (excluding diaryl/α,β-unsaturated/α-hetero) is 2. The fourth-order valence-electron chi connectivity index (χ4n) is 1.24. The van der Waals surface area contributed by atoms with Crippen molar-refractivity contribution < 1.29 is 9.59 Å². The number of rotatable bonds is 6. The maximum Gasteiger partial charge on any atom is 0.147 e. The molecule has 0 aliphatic rings. The van der Waals surface area contributed by atoms with Gasteiger partial charge in [0.2, 0.25) is 0 Å². The van der Waals surface area contributed by atoms with Gasteiger partial charge < -0.3 is 0 Å². The molecule has 6 heteroatoms. The van der Waals surface area contributed by atoms with E-state index in [2.05, 4.69) is 17.6 Å². The Morgan fingerprint density at radius 1 is 1.04 bits per heavy atom. The number of nitrogens with zero attached hydrogens (tertiary/aromatic N) is 1. The Bertz CT molecular complexity index is 505. The number of carbonyl (C=O) groups excluding carboxylic acids is 2. The second-order valence-corrected chi connectivity index (χ2v) is 10.1. The highest BCUT2D eigenvalue weighted by molar-refractivity contribution is 8.76. The summed E-state index contributed by atoms with van der Waals surface area (Å²) in [4.78, 5) is 26.6. The van der Waals surface area contributed by atoms with Gasteiger partial charge >= 0.3 is 0 Å². The molecule has 0 atom stereocenters. The number of ketones is 2. The summed E-state index contributed by atoms with van der Waals surface area (Å²) in [5.41, 5.74) is -0.419. The lowest BCUT2D eigenvalue weighted by atomic mass is 9.89. The van der Waals surface area contributed by atoms with Gasteiger partial charge in [-0.15, -0.1) is 0 Å². The van der Waals surface area contributed by atoms with E-state index in [1.165, 1.54) is 0 Å². The first-order valence-electron chi connectivity index (χ1n) is 7.86.